The predicted molar refractivity (Wildman–Crippen MR) is 122 cm³/mol. The first-order valence-electron chi connectivity index (χ1n) is 9.82. The Morgan fingerprint density at radius 3 is 2.58 bits per heavy atom. The normalized spacial score (nSPS) is 14.5. The van der Waals surface area contributed by atoms with Gasteiger partial charge in [0.15, 0.2) is 0 Å². The van der Waals surface area contributed by atoms with Gasteiger partial charge in [-0.1, -0.05) is 17.7 Å². The molecule has 0 bridgehead atoms. The molecule has 0 saturated carbocycles. The van der Waals surface area contributed by atoms with E-state index >= 15 is 0 Å². The van der Waals surface area contributed by atoms with E-state index in [0.29, 0.717) is 34.9 Å². The molecule has 4 N–H and O–H groups in total. The maximum absolute atomic E-state index is 12.6. The van der Waals surface area contributed by atoms with Crippen molar-refractivity contribution in [2.24, 2.45) is 5.11 Å². The second-order valence-electron chi connectivity index (χ2n) is 7.15. The number of fused-ring (bicyclic) bond motifs is 1. The highest BCUT2D eigenvalue weighted by Crippen LogP contribution is 2.21. The highest BCUT2D eigenvalue weighted by molar-refractivity contribution is 6.31. The molecular formula is C22H21ClN6O2. The number of benzene rings is 2. The van der Waals surface area contributed by atoms with Crippen molar-refractivity contribution < 1.29 is 4.79 Å². The molecule has 1 aromatic heterocycles. The number of hydrogen-bond donors (Lipinski definition) is 4. The molecule has 0 atom stereocenters. The second kappa shape index (κ2) is 9.11. The van der Waals surface area contributed by atoms with Gasteiger partial charge in [0.1, 0.15) is 5.70 Å². The number of rotatable bonds is 5. The molecule has 0 spiro atoms. The standard InChI is InChI=1S/C22H21ClN6O2/c23-16-4-1-15-11-18(21(30)27-19(15)12-16)20(28-24)13-26-17-5-2-14(3-6-17)22(31)29-9-7-25-8-10-29/h1-6,11-13,24-26H,7-10H2,(H,27,30)/b20-13-,28-24?. The fraction of sp³-hybridized carbons (Fsp3) is 0.182. The summed E-state index contributed by atoms with van der Waals surface area (Å²) in [5.41, 5.74) is 9.52. The fourth-order valence-electron chi connectivity index (χ4n) is 3.45. The van der Waals surface area contributed by atoms with E-state index in [1.54, 1.807) is 48.5 Å². The van der Waals surface area contributed by atoms with E-state index in [4.69, 9.17) is 17.1 Å². The number of anilines is 1. The van der Waals surface area contributed by atoms with E-state index in [9.17, 15) is 9.59 Å². The molecule has 0 radical (unpaired) electrons. The summed E-state index contributed by atoms with van der Waals surface area (Å²) in [6.45, 7) is 3.00. The van der Waals surface area contributed by atoms with Crippen molar-refractivity contribution in [1.82, 2.24) is 15.2 Å². The summed E-state index contributed by atoms with van der Waals surface area (Å²) < 4.78 is 0. The van der Waals surface area contributed by atoms with Crippen LogP contribution in [0.2, 0.25) is 5.02 Å². The molecule has 0 aliphatic carbocycles. The Morgan fingerprint density at radius 2 is 1.87 bits per heavy atom. The van der Waals surface area contributed by atoms with Crippen LogP contribution in [-0.4, -0.2) is 42.0 Å². The van der Waals surface area contributed by atoms with Gasteiger partial charge in [-0.3, -0.25) is 9.59 Å². The van der Waals surface area contributed by atoms with E-state index in [1.807, 2.05) is 4.90 Å². The van der Waals surface area contributed by atoms with Crippen LogP contribution in [0, 0.1) is 5.53 Å². The predicted octanol–water partition coefficient (Wildman–Crippen LogP) is 3.67. The van der Waals surface area contributed by atoms with Crippen LogP contribution >= 0.6 is 11.6 Å². The lowest BCUT2D eigenvalue weighted by Gasteiger charge is -2.27. The van der Waals surface area contributed by atoms with Gasteiger partial charge in [-0.05, 0) is 47.9 Å². The minimum atomic E-state index is -0.365. The van der Waals surface area contributed by atoms with Gasteiger partial charge in [-0.2, -0.15) is 5.11 Å². The van der Waals surface area contributed by atoms with Gasteiger partial charge in [0.05, 0.1) is 5.56 Å². The van der Waals surface area contributed by atoms with Gasteiger partial charge in [-0.15, -0.1) is 0 Å². The number of hydrogen-bond acceptors (Lipinski definition) is 6. The van der Waals surface area contributed by atoms with E-state index in [1.165, 1.54) is 6.20 Å². The number of carbonyl (C=O) groups is 1. The molecular weight excluding hydrogens is 416 g/mol. The maximum atomic E-state index is 12.6. The molecule has 3 aromatic rings. The molecule has 2 aromatic carbocycles. The minimum absolute atomic E-state index is 0.00763. The van der Waals surface area contributed by atoms with Crippen molar-refractivity contribution in [1.29, 1.82) is 5.53 Å². The Kier molecular flexibility index (Phi) is 6.11. The summed E-state index contributed by atoms with van der Waals surface area (Å²) in [6.07, 6.45) is 1.49. The van der Waals surface area contributed by atoms with Crippen LogP contribution in [0.1, 0.15) is 15.9 Å². The smallest absolute Gasteiger partial charge is 0.258 e. The first-order valence-corrected chi connectivity index (χ1v) is 10.2. The Labute approximate surface area is 183 Å². The quantitative estimate of drug-likeness (QED) is 0.457. The van der Waals surface area contributed by atoms with Crippen molar-refractivity contribution in [2.75, 3.05) is 31.5 Å². The zero-order chi connectivity index (χ0) is 21.8. The molecule has 1 aliphatic rings. The number of piperazine rings is 1. The molecule has 1 fully saturated rings. The van der Waals surface area contributed by atoms with E-state index in [2.05, 4.69) is 20.7 Å². The van der Waals surface area contributed by atoms with Crippen LogP contribution in [0.25, 0.3) is 16.6 Å². The molecule has 1 amide bonds. The van der Waals surface area contributed by atoms with Gasteiger partial charge < -0.3 is 20.5 Å². The zero-order valence-electron chi connectivity index (χ0n) is 16.6. The monoisotopic (exact) mass is 436 g/mol. The molecule has 9 heteroatoms. The number of aromatic nitrogens is 1. The lowest BCUT2D eigenvalue weighted by Crippen LogP contribution is -2.46. The number of amides is 1. The fourth-order valence-corrected chi connectivity index (χ4v) is 3.62. The van der Waals surface area contributed by atoms with Crippen LogP contribution in [-0.2, 0) is 0 Å². The average Bonchev–Trinajstić information content (AvgIpc) is 2.80. The summed E-state index contributed by atoms with van der Waals surface area (Å²) in [5, 5.41) is 11.1. The number of halogens is 1. The largest absolute Gasteiger partial charge is 0.360 e. The highest BCUT2D eigenvalue weighted by atomic mass is 35.5. The lowest BCUT2D eigenvalue weighted by atomic mass is 10.1. The van der Waals surface area contributed by atoms with Gasteiger partial charge in [0.2, 0.25) is 0 Å². The van der Waals surface area contributed by atoms with Crippen LogP contribution in [0.15, 0.2) is 64.6 Å². The zero-order valence-corrected chi connectivity index (χ0v) is 17.4. The molecule has 31 heavy (non-hydrogen) atoms. The van der Waals surface area contributed by atoms with Gasteiger partial charge in [-0.25, -0.2) is 5.53 Å². The molecule has 2 heterocycles. The SMILES string of the molecule is N=N/C(=C\Nc1ccc(C(=O)N2CCNCC2)cc1)c1cc2ccc(Cl)cc2[nH]c1=O. The Balaban J connectivity index is 1.53. The van der Waals surface area contributed by atoms with Crippen LogP contribution in [0.3, 0.4) is 0 Å². The number of pyridine rings is 1. The maximum Gasteiger partial charge on any atom is 0.258 e. The minimum Gasteiger partial charge on any atom is -0.360 e. The van der Waals surface area contributed by atoms with Crippen molar-refractivity contribution >= 4 is 39.8 Å². The number of H-pyrrole nitrogens is 1. The summed E-state index contributed by atoms with van der Waals surface area (Å²) in [7, 11) is 0. The topological polar surface area (TPSA) is 113 Å². The summed E-state index contributed by atoms with van der Waals surface area (Å²) in [4.78, 5) is 29.6. The number of nitrogens with one attached hydrogen (secondary N) is 4. The summed E-state index contributed by atoms with van der Waals surface area (Å²) >= 11 is 5.97. The third-order valence-corrected chi connectivity index (χ3v) is 5.35. The molecule has 0 unspecified atom stereocenters. The van der Waals surface area contributed by atoms with Crippen molar-refractivity contribution in [3.63, 3.8) is 0 Å². The number of nitrogens with zero attached hydrogens (tertiary/aromatic N) is 2. The van der Waals surface area contributed by atoms with Gasteiger partial charge in [0.25, 0.3) is 11.5 Å². The van der Waals surface area contributed by atoms with E-state index < -0.39 is 0 Å². The Bertz CT molecular complexity index is 1210. The summed E-state index contributed by atoms with van der Waals surface area (Å²) in [6, 6.07) is 13.9. The van der Waals surface area contributed by atoms with Crippen LogP contribution in [0.4, 0.5) is 5.69 Å². The third kappa shape index (κ3) is 4.65. The van der Waals surface area contributed by atoms with Crippen molar-refractivity contribution in [3.8, 4) is 0 Å². The van der Waals surface area contributed by atoms with Crippen molar-refractivity contribution in [2.45, 2.75) is 0 Å². The molecule has 1 aliphatic heterocycles. The van der Waals surface area contributed by atoms with Crippen molar-refractivity contribution in [3.05, 3.63) is 81.2 Å². The van der Waals surface area contributed by atoms with Crippen LogP contribution < -0.4 is 16.2 Å². The molecule has 8 nitrogen and oxygen atoms in total. The van der Waals surface area contributed by atoms with E-state index in [-0.39, 0.29) is 22.7 Å². The lowest BCUT2D eigenvalue weighted by molar-refractivity contribution is 0.0736. The highest BCUT2D eigenvalue weighted by Gasteiger charge is 2.17. The Hall–Kier alpha value is -3.49. The Morgan fingerprint density at radius 1 is 1.13 bits per heavy atom. The number of aromatic amines is 1. The molecule has 4 rings (SSSR count). The van der Waals surface area contributed by atoms with Gasteiger partial charge in [0, 0.05) is 54.2 Å². The second-order valence-corrected chi connectivity index (χ2v) is 7.59. The summed E-state index contributed by atoms with van der Waals surface area (Å²) in [5.74, 6) is 0.00763. The average molecular weight is 437 g/mol. The van der Waals surface area contributed by atoms with E-state index in [0.717, 1.165) is 18.5 Å². The molecule has 158 valence electrons. The van der Waals surface area contributed by atoms with Crippen LogP contribution in [0.5, 0.6) is 0 Å². The van der Waals surface area contributed by atoms with Gasteiger partial charge >= 0.3 is 0 Å². The molecule has 1 saturated heterocycles. The first kappa shape index (κ1) is 20.8. The third-order valence-electron chi connectivity index (χ3n) is 5.12. The number of carbonyl (C=O) groups excluding carboxylic acids is 1. The first-order chi connectivity index (χ1) is 15.0.